The lowest BCUT2D eigenvalue weighted by Gasteiger charge is -2.22. The molecule has 0 radical (unpaired) electrons. The number of nitrogens with zero attached hydrogens (tertiary/aromatic N) is 3. The first kappa shape index (κ1) is 21.9. The van der Waals surface area contributed by atoms with Gasteiger partial charge in [0.25, 0.3) is 6.47 Å². The lowest BCUT2D eigenvalue weighted by atomic mass is 10.0. The van der Waals surface area contributed by atoms with E-state index in [-0.39, 0.29) is 12.4 Å². The topological polar surface area (TPSA) is 64.1 Å². The molecule has 6 nitrogen and oxygen atoms in total. The molecule has 0 aromatic heterocycles. The fourth-order valence-electron chi connectivity index (χ4n) is 3.53. The molecule has 1 amide bonds. The molecule has 0 unspecified atom stereocenters. The van der Waals surface area contributed by atoms with Gasteiger partial charge in [-0.15, -0.1) is 0 Å². The number of hydrogen-bond acceptors (Lipinski definition) is 4. The molecule has 2 aromatic carbocycles. The SMILES string of the molecule is CN(C)C(=O)CN1CCCN(CCc2cccc3ccccc23)CC1.O=CO. The van der Waals surface area contributed by atoms with Gasteiger partial charge in [0, 0.05) is 33.7 Å². The third kappa shape index (κ3) is 6.62. The highest BCUT2D eigenvalue weighted by Gasteiger charge is 2.17. The molecule has 3 rings (SSSR count). The maximum atomic E-state index is 11.9. The molecule has 0 spiro atoms. The summed E-state index contributed by atoms with van der Waals surface area (Å²) in [4.78, 5) is 26.8. The Hall–Kier alpha value is -2.44. The van der Waals surface area contributed by atoms with Gasteiger partial charge in [-0.1, -0.05) is 42.5 Å². The number of carbonyl (C=O) groups excluding carboxylic acids is 1. The van der Waals surface area contributed by atoms with E-state index < -0.39 is 0 Å². The molecule has 0 bridgehead atoms. The molecular weight excluding hydrogens is 354 g/mol. The fraction of sp³-hybridized carbons (Fsp3) is 0.455. The van der Waals surface area contributed by atoms with Crippen LogP contribution in [0.5, 0.6) is 0 Å². The van der Waals surface area contributed by atoms with Crippen molar-refractivity contribution in [3.63, 3.8) is 0 Å². The quantitative estimate of drug-likeness (QED) is 0.800. The van der Waals surface area contributed by atoms with Crippen LogP contribution in [0.15, 0.2) is 42.5 Å². The van der Waals surface area contributed by atoms with Gasteiger partial charge in [-0.25, -0.2) is 0 Å². The highest BCUT2D eigenvalue weighted by molar-refractivity contribution is 5.85. The smallest absolute Gasteiger partial charge is 0.290 e. The first-order valence-corrected chi connectivity index (χ1v) is 9.74. The van der Waals surface area contributed by atoms with Crippen molar-refractivity contribution >= 4 is 23.2 Å². The number of carboxylic acid groups (broad SMARTS) is 1. The number of carbonyl (C=O) groups is 2. The summed E-state index contributed by atoms with van der Waals surface area (Å²) in [5.41, 5.74) is 1.43. The Bertz CT molecular complexity index is 758. The van der Waals surface area contributed by atoms with Gasteiger partial charge in [0.05, 0.1) is 6.54 Å². The molecule has 2 aromatic rings. The second-order valence-electron chi connectivity index (χ2n) is 7.25. The van der Waals surface area contributed by atoms with E-state index in [0.29, 0.717) is 6.54 Å². The zero-order valence-corrected chi connectivity index (χ0v) is 16.9. The Morgan fingerprint density at radius 2 is 1.68 bits per heavy atom. The molecule has 1 saturated heterocycles. The van der Waals surface area contributed by atoms with Crippen LogP contribution >= 0.6 is 0 Å². The molecule has 0 aliphatic carbocycles. The second kappa shape index (κ2) is 11.4. The predicted octanol–water partition coefficient (Wildman–Crippen LogP) is 2.18. The molecule has 152 valence electrons. The second-order valence-corrected chi connectivity index (χ2v) is 7.25. The summed E-state index contributed by atoms with van der Waals surface area (Å²) in [6.45, 7) is 5.55. The van der Waals surface area contributed by atoms with E-state index in [4.69, 9.17) is 9.90 Å². The minimum Gasteiger partial charge on any atom is -0.483 e. The van der Waals surface area contributed by atoms with E-state index in [9.17, 15) is 4.79 Å². The Morgan fingerprint density at radius 1 is 1.04 bits per heavy atom. The summed E-state index contributed by atoms with van der Waals surface area (Å²) in [5.74, 6) is 0.198. The van der Waals surface area contributed by atoms with Crippen molar-refractivity contribution in [2.75, 3.05) is 53.4 Å². The minimum atomic E-state index is -0.250. The fourth-order valence-corrected chi connectivity index (χ4v) is 3.53. The Labute approximate surface area is 167 Å². The summed E-state index contributed by atoms with van der Waals surface area (Å²) in [6, 6.07) is 15.2. The van der Waals surface area contributed by atoms with Crippen LogP contribution in [0.1, 0.15) is 12.0 Å². The van der Waals surface area contributed by atoms with E-state index in [1.54, 1.807) is 4.90 Å². The molecule has 6 heteroatoms. The Morgan fingerprint density at radius 3 is 2.43 bits per heavy atom. The largest absolute Gasteiger partial charge is 0.483 e. The van der Waals surface area contributed by atoms with Crippen molar-refractivity contribution in [3.05, 3.63) is 48.0 Å². The van der Waals surface area contributed by atoms with Gasteiger partial charge in [0.15, 0.2) is 0 Å². The van der Waals surface area contributed by atoms with E-state index in [2.05, 4.69) is 52.3 Å². The first-order chi connectivity index (χ1) is 13.5. The molecular formula is C22H31N3O3. The highest BCUT2D eigenvalue weighted by Crippen LogP contribution is 2.19. The normalized spacial score (nSPS) is 15.4. The maximum Gasteiger partial charge on any atom is 0.290 e. The standard InChI is InChI=1S/C21H29N3O.CH2O2/c1-22(2)21(25)17-24-13-6-12-23(15-16-24)14-11-19-9-5-8-18-7-3-4-10-20(18)19;2-1-3/h3-5,7-10H,6,11-17H2,1-2H3;1H,(H,2,3). The Kier molecular flexibility index (Phi) is 8.91. The summed E-state index contributed by atoms with van der Waals surface area (Å²) in [6.07, 6.45) is 2.22. The van der Waals surface area contributed by atoms with E-state index in [0.717, 1.165) is 45.6 Å². The van der Waals surface area contributed by atoms with Gasteiger partial charge in [0.2, 0.25) is 5.91 Å². The minimum absolute atomic E-state index is 0.198. The predicted molar refractivity (Wildman–Crippen MR) is 113 cm³/mol. The number of likely N-dealkylation sites (N-methyl/N-ethyl adjacent to an activating group) is 1. The third-order valence-corrected chi connectivity index (χ3v) is 5.12. The van der Waals surface area contributed by atoms with Gasteiger partial charge < -0.3 is 14.9 Å². The van der Waals surface area contributed by atoms with Gasteiger partial charge in [-0.05, 0) is 42.3 Å². The van der Waals surface area contributed by atoms with E-state index in [1.165, 1.54) is 16.3 Å². The number of hydrogen-bond donors (Lipinski definition) is 1. The van der Waals surface area contributed by atoms with Crippen molar-refractivity contribution < 1.29 is 14.7 Å². The molecule has 1 aliphatic rings. The maximum absolute atomic E-state index is 11.9. The summed E-state index contributed by atoms with van der Waals surface area (Å²) in [7, 11) is 3.66. The van der Waals surface area contributed by atoms with Gasteiger partial charge >= 0.3 is 0 Å². The van der Waals surface area contributed by atoms with Crippen LogP contribution in [0.25, 0.3) is 10.8 Å². The molecule has 28 heavy (non-hydrogen) atoms. The number of fused-ring (bicyclic) bond motifs is 1. The van der Waals surface area contributed by atoms with Gasteiger partial charge in [-0.2, -0.15) is 0 Å². The average molecular weight is 386 g/mol. The monoisotopic (exact) mass is 385 g/mol. The van der Waals surface area contributed by atoms with Crippen LogP contribution in [0.3, 0.4) is 0 Å². The van der Waals surface area contributed by atoms with Crippen LogP contribution in [-0.4, -0.2) is 85.5 Å². The lowest BCUT2D eigenvalue weighted by Crippen LogP contribution is -2.38. The lowest BCUT2D eigenvalue weighted by molar-refractivity contribution is -0.129. The number of amides is 1. The van der Waals surface area contributed by atoms with E-state index in [1.807, 2.05) is 14.1 Å². The van der Waals surface area contributed by atoms with Gasteiger partial charge in [0.1, 0.15) is 0 Å². The number of rotatable bonds is 5. The zero-order valence-electron chi connectivity index (χ0n) is 16.9. The van der Waals surface area contributed by atoms with Crippen molar-refractivity contribution in [2.45, 2.75) is 12.8 Å². The highest BCUT2D eigenvalue weighted by atomic mass is 16.3. The van der Waals surface area contributed by atoms with Crippen LogP contribution in [0.2, 0.25) is 0 Å². The first-order valence-electron chi connectivity index (χ1n) is 9.74. The third-order valence-electron chi connectivity index (χ3n) is 5.12. The van der Waals surface area contributed by atoms with Crippen LogP contribution in [0.4, 0.5) is 0 Å². The molecule has 1 N–H and O–H groups in total. The van der Waals surface area contributed by atoms with Crippen LogP contribution < -0.4 is 0 Å². The molecule has 1 fully saturated rings. The average Bonchev–Trinajstić information content (AvgIpc) is 2.92. The zero-order chi connectivity index (χ0) is 20.4. The van der Waals surface area contributed by atoms with Crippen molar-refractivity contribution in [2.24, 2.45) is 0 Å². The van der Waals surface area contributed by atoms with E-state index >= 15 is 0 Å². The molecule has 0 saturated carbocycles. The molecule has 1 aliphatic heterocycles. The molecule has 1 heterocycles. The van der Waals surface area contributed by atoms with Crippen LogP contribution in [0, 0.1) is 0 Å². The summed E-state index contributed by atoms with van der Waals surface area (Å²) < 4.78 is 0. The van der Waals surface area contributed by atoms with Gasteiger partial charge in [-0.3, -0.25) is 14.5 Å². The van der Waals surface area contributed by atoms with Crippen LogP contribution in [-0.2, 0) is 16.0 Å². The van der Waals surface area contributed by atoms with Crippen molar-refractivity contribution in [1.82, 2.24) is 14.7 Å². The van der Waals surface area contributed by atoms with Crippen molar-refractivity contribution in [1.29, 1.82) is 0 Å². The number of benzene rings is 2. The summed E-state index contributed by atoms with van der Waals surface area (Å²) in [5, 5.41) is 9.59. The summed E-state index contributed by atoms with van der Waals surface area (Å²) >= 11 is 0. The molecule has 0 atom stereocenters. The van der Waals surface area contributed by atoms with Crippen molar-refractivity contribution in [3.8, 4) is 0 Å². The Balaban J connectivity index is 0.000000878.